The van der Waals surface area contributed by atoms with E-state index in [0.29, 0.717) is 6.04 Å². The number of nitrogens with zero attached hydrogens (tertiary/aromatic N) is 7. The molecule has 3 fully saturated rings. The number of H-pyrrole nitrogens is 1. The number of anilines is 2. The number of carbonyl (C=O) groups excluding carboxylic acids is 1. The van der Waals surface area contributed by atoms with Gasteiger partial charge in [0.2, 0.25) is 11.9 Å². The molecule has 9 nitrogen and oxygen atoms in total. The minimum absolute atomic E-state index is 0.0199. The number of fused-ring (bicyclic) bond motifs is 1. The van der Waals surface area contributed by atoms with Gasteiger partial charge in [0.15, 0.2) is 0 Å². The van der Waals surface area contributed by atoms with Crippen LogP contribution in [0.4, 0.5) is 11.8 Å². The molecule has 2 aromatic heterocycles. The summed E-state index contributed by atoms with van der Waals surface area (Å²) in [6.07, 6.45) is 4.33. The van der Waals surface area contributed by atoms with E-state index in [9.17, 15) is 4.79 Å². The maximum atomic E-state index is 12.0. The molecule has 0 aliphatic carbocycles. The van der Waals surface area contributed by atoms with Crippen LogP contribution in [-0.4, -0.2) is 95.3 Å². The minimum atomic E-state index is 0.0199. The topological polar surface area (TPSA) is 84.5 Å². The standard InChI is InChI=1S/C26H32N8O/c1-5-23(35)34-15-26(16-34)8-9-32(14-26)25-28-21(10-22(29-25)33-12-18(13-33)31(3)4)24-17(2)6-7-20-19(24)11-27-30-20/h5-7,10-11,18H,1,8-9,12-16H2,2-4H3,(H,27,30). The Morgan fingerprint density at radius 1 is 1.20 bits per heavy atom. The fourth-order valence-electron chi connectivity index (χ4n) is 5.70. The van der Waals surface area contributed by atoms with E-state index < -0.39 is 0 Å². The number of rotatable bonds is 5. The first-order chi connectivity index (χ1) is 16.9. The van der Waals surface area contributed by atoms with Gasteiger partial charge in [0.1, 0.15) is 5.82 Å². The maximum absolute atomic E-state index is 12.0. The average molecular weight is 473 g/mol. The quantitative estimate of drug-likeness (QED) is 0.571. The number of hydrogen-bond acceptors (Lipinski definition) is 7. The molecule has 1 aromatic carbocycles. The molecule has 0 atom stereocenters. The summed E-state index contributed by atoms with van der Waals surface area (Å²) >= 11 is 0. The van der Waals surface area contributed by atoms with Crippen molar-refractivity contribution < 1.29 is 4.79 Å². The highest BCUT2D eigenvalue weighted by atomic mass is 16.2. The molecule has 6 rings (SSSR count). The summed E-state index contributed by atoms with van der Waals surface area (Å²) in [7, 11) is 4.26. The van der Waals surface area contributed by atoms with Crippen LogP contribution in [0, 0.1) is 12.3 Å². The van der Waals surface area contributed by atoms with Gasteiger partial charge in [-0.05, 0) is 45.1 Å². The van der Waals surface area contributed by atoms with Crippen LogP contribution < -0.4 is 9.80 Å². The van der Waals surface area contributed by atoms with Gasteiger partial charge in [-0.15, -0.1) is 0 Å². The van der Waals surface area contributed by atoms with E-state index in [1.807, 2.05) is 11.1 Å². The van der Waals surface area contributed by atoms with Crippen molar-refractivity contribution in [2.24, 2.45) is 5.41 Å². The number of aryl methyl sites for hydroxylation is 1. The summed E-state index contributed by atoms with van der Waals surface area (Å²) in [5.74, 6) is 1.77. The van der Waals surface area contributed by atoms with Gasteiger partial charge >= 0.3 is 0 Å². The maximum Gasteiger partial charge on any atom is 0.245 e. The zero-order chi connectivity index (χ0) is 24.3. The molecule has 0 bridgehead atoms. The van der Waals surface area contributed by atoms with Crippen LogP contribution in [-0.2, 0) is 4.79 Å². The molecule has 0 radical (unpaired) electrons. The van der Waals surface area contributed by atoms with Gasteiger partial charge in [0.05, 0.1) is 17.4 Å². The third-order valence-electron chi connectivity index (χ3n) is 7.97. The zero-order valence-corrected chi connectivity index (χ0v) is 20.7. The summed E-state index contributed by atoms with van der Waals surface area (Å²) in [5, 5.41) is 8.44. The van der Waals surface area contributed by atoms with Crippen molar-refractivity contribution in [3.63, 3.8) is 0 Å². The Morgan fingerprint density at radius 3 is 2.74 bits per heavy atom. The Labute approximate surface area is 205 Å². The van der Waals surface area contributed by atoms with E-state index in [1.165, 1.54) is 11.6 Å². The van der Waals surface area contributed by atoms with Gasteiger partial charge in [0.25, 0.3) is 0 Å². The van der Waals surface area contributed by atoms with E-state index in [2.05, 4.69) is 70.7 Å². The predicted molar refractivity (Wildman–Crippen MR) is 138 cm³/mol. The molecular formula is C26H32N8O. The van der Waals surface area contributed by atoms with E-state index in [0.717, 1.165) is 79.6 Å². The predicted octanol–water partition coefficient (Wildman–Crippen LogP) is 2.30. The molecule has 35 heavy (non-hydrogen) atoms. The van der Waals surface area contributed by atoms with Gasteiger partial charge in [-0.25, -0.2) is 4.98 Å². The highest BCUT2D eigenvalue weighted by Gasteiger charge is 2.49. The average Bonchev–Trinajstić information content (AvgIpc) is 3.43. The lowest BCUT2D eigenvalue weighted by Gasteiger charge is -2.47. The lowest BCUT2D eigenvalue weighted by Crippen LogP contribution is -2.59. The van der Waals surface area contributed by atoms with Gasteiger partial charge in [-0.2, -0.15) is 10.1 Å². The number of benzene rings is 1. The number of likely N-dealkylation sites (N-methyl/N-ethyl adjacent to an activating group) is 1. The second-order valence-electron chi connectivity index (χ2n) is 10.6. The number of amides is 1. The summed E-state index contributed by atoms with van der Waals surface area (Å²) in [4.78, 5) is 30.9. The third kappa shape index (κ3) is 3.65. The highest BCUT2D eigenvalue weighted by Crippen LogP contribution is 2.42. The molecule has 1 N–H and O–H groups in total. The van der Waals surface area contributed by atoms with E-state index in [-0.39, 0.29) is 11.3 Å². The van der Waals surface area contributed by atoms with Gasteiger partial charge in [0, 0.05) is 67.7 Å². The van der Waals surface area contributed by atoms with Crippen LogP contribution in [0.15, 0.2) is 37.1 Å². The van der Waals surface area contributed by atoms with Crippen molar-refractivity contribution in [1.82, 2.24) is 30.0 Å². The second-order valence-corrected chi connectivity index (χ2v) is 10.6. The van der Waals surface area contributed by atoms with Crippen molar-refractivity contribution >= 4 is 28.6 Å². The Morgan fingerprint density at radius 2 is 2.00 bits per heavy atom. The Kier molecular flexibility index (Phi) is 5.07. The van der Waals surface area contributed by atoms with E-state index in [1.54, 1.807) is 0 Å². The summed E-state index contributed by atoms with van der Waals surface area (Å²) in [6, 6.07) is 6.85. The van der Waals surface area contributed by atoms with Gasteiger partial charge in [-0.3, -0.25) is 9.89 Å². The second kappa shape index (κ2) is 8.05. The highest BCUT2D eigenvalue weighted by molar-refractivity contribution is 5.95. The van der Waals surface area contributed by atoms with E-state index in [4.69, 9.17) is 9.97 Å². The SMILES string of the molecule is C=CC(=O)N1CC2(CCN(c3nc(-c4c(C)ccc5[nH]ncc45)cc(N4CC(N(C)C)C4)n3)C2)C1. The summed E-state index contributed by atoms with van der Waals surface area (Å²) in [6.45, 7) is 11.0. The molecule has 3 saturated heterocycles. The fourth-order valence-corrected chi connectivity index (χ4v) is 5.70. The molecule has 0 saturated carbocycles. The van der Waals surface area contributed by atoms with Crippen LogP contribution in [0.2, 0.25) is 0 Å². The first kappa shape index (κ1) is 22.0. The largest absolute Gasteiger partial charge is 0.353 e. The monoisotopic (exact) mass is 472 g/mol. The van der Waals surface area contributed by atoms with Crippen molar-refractivity contribution in [2.75, 3.05) is 63.2 Å². The third-order valence-corrected chi connectivity index (χ3v) is 7.97. The van der Waals surface area contributed by atoms with Gasteiger partial charge < -0.3 is 19.6 Å². The van der Waals surface area contributed by atoms with Crippen molar-refractivity contribution in [2.45, 2.75) is 19.4 Å². The first-order valence-electron chi connectivity index (χ1n) is 12.3. The van der Waals surface area contributed by atoms with Gasteiger partial charge in [-0.1, -0.05) is 12.6 Å². The number of hydrogen-bond donors (Lipinski definition) is 1. The van der Waals surface area contributed by atoms with Crippen LogP contribution in [0.1, 0.15) is 12.0 Å². The molecule has 9 heteroatoms. The number of carbonyl (C=O) groups is 1. The van der Waals surface area contributed by atoms with Crippen LogP contribution in [0.25, 0.3) is 22.2 Å². The van der Waals surface area contributed by atoms with Crippen molar-refractivity contribution in [3.8, 4) is 11.3 Å². The normalized spacial score (nSPS) is 19.5. The van der Waals surface area contributed by atoms with Crippen molar-refractivity contribution in [1.29, 1.82) is 0 Å². The number of aromatic nitrogens is 4. The molecule has 3 aromatic rings. The smallest absolute Gasteiger partial charge is 0.245 e. The molecule has 3 aliphatic rings. The molecule has 0 unspecified atom stereocenters. The van der Waals surface area contributed by atoms with E-state index >= 15 is 0 Å². The molecular weight excluding hydrogens is 440 g/mol. The molecule has 5 heterocycles. The number of aromatic amines is 1. The molecule has 182 valence electrons. The zero-order valence-electron chi connectivity index (χ0n) is 20.7. The minimum Gasteiger partial charge on any atom is -0.353 e. The summed E-state index contributed by atoms with van der Waals surface area (Å²) < 4.78 is 0. The molecule has 3 aliphatic heterocycles. The number of likely N-dealkylation sites (tertiary alicyclic amines) is 1. The Hall–Kier alpha value is -3.46. The fraction of sp³-hybridized carbons (Fsp3) is 0.462. The first-order valence-corrected chi connectivity index (χ1v) is 12.3. The molecule has 1 spiro atoms. The lowest BCUT2D eigenvalue weighted by molar-refractivity contribution is -0.136. The number of nitrogens with one attached hydrogen (secondary N) is 1. The van der Waals surface area contributed by atoms with Crippen LogP contribution in [0.3, 0.4) is 0 Å². The lowest BCUT2D eigenvalue weighted by atomic mass is 9.79. The Bertz CT molecular complexity index is 1300. The Balaban J connectivity index is 1.35. The van der Waals surface area contributed by atoms with Crippen molar-refractivity contribution in [3.05, 3.63) is 42.6 Å². The van der Waals surface area contributed by atoms with Crippen LogP contribution in [0.5, 0.6) is 0 Å². The summed E-state index contributed by atoms with van der Waals surface area (Å²) in [5.41, 5.74) is 4.34. The molecule has 1 amide bonds. The van der Waals surface area contributed by atoms with Crippen LogP contribution >= 0.6 is 0 Å².